The van der Waals surface area contributed by atoms with E-state index in [4.69, 9.17) is 21.1 Å². The minimum Gasteiger partial charge on any atom is -0.446 e. The zero-order valence-corrected chi connectivity index (χ0v) is 19.9. The van der Waals surface area contributed by atoms with Crippen LogP contribution < -0.4 is 0 Å². The van der Waals surface area contributed by atoms with Crippen molar-refractivity contribution in [3.8, 4) is 0 Å². The first-order chi connectivity index (χ1) is 16.3. The maximum absolute atomic E-state index is 13.9. The fourth-order valence-electron chi connectivity index (χ4n) is 5.04. The number of nitrogens with zero attached hydrogens (tertiary/aromatic N) is 4. The number of hydrogen-bond acceptors (Lipinski definition) is 5. The largest absolute Gasteiger partial charge is 0.446 e. The first-order valence-electron chi connectivity index (χ1n) is 11.3. The van der Waals surface area contributed by atoms with E-state index in [1.54, 1.807) is 12.1 Å². The molecule has 0 saturated carbocycles. The first-order valence-corrected chi connectivity index (χ1v) is 11.7. The summed E-state index contributed by atoms with van der Waals surface area (Å²) < 4.78 is 11.2. The normalized spacial score (nSPS) is 23.5. The molecular formula is C25H27ClN4O4. The van der Waals surface area contributed by atoms with E-state index in [2.05, 4.69) is 10.0 Å². The molecule has 2 heterocycles. The van der Waals surface area contributed by atoms with E-state index in [0.717, 1.165) is 16.0 Å². The molecule has 4 atom stereocenters. The Labute approximate surface area is 203 Å². The Morgan fingerprint density at radius 1 is 1.21 bits per heavy atom. The molecule has 9 heteroatoms. The van der Waals surface area contributed by atoms with E-state index >= 15 is 0 Å². The Bertz CT molecular complexity index is 1090. The molecule has 2 aromatic carbocycles. The van der Waals surface area contributed by atoms with E-state index in [1.807, 2.05) is 56.3 Å². The molecule has 2 aromatic rings. The van der Waals surface area contributed by atoms with Crippen LogP contribution in [-0.4, -0.2) is 41.8 Å². The van der Waals surface area contributed by atoms with Crippen LogP contribution in [0.3, 0.4) is 0 Å². The predicted molar refractivity (Wildman–Crippen MR) is 127 cm³/mol. The topological polar surface area (TPSA) is 105 Å². The van der Waals surface area contributed by atoms with Gasteiger partial charge in [-0.3, -0.25) is 4.79 Å². The zero-order chi connectivity index (χ0) is 24.3. The van der Waals surface area contributed by atoms with Gasteiger partial charge in [0, 0.05) is 22.5 Å². The summed E-state index contributed by atoms with van der Waals surface area (Å²) in [7, 11) is 0. The van der Waals surface area contributed by atoms with Crippen molar-refractivity contribution in [2.75, 3.05) is 13.2 Å². The third-order valence-corrected chi connectivity index (χ3v) is 6.81. The minimum atomic E-state index is -1.14. The van der Waals surface area contributed by atoms with Crippen molar-refractivity contribution >= 4 is 23.6 Å². The standard InChI is InChI=1S/C25H27ClN4O4/c1-25(2)14-18(12-13-34-25)21(17-8-10-19(26)11-9-17)22(28-29-27)23(31)30-20(15-33-24(30)32)16-6-4-3-5-7-16/h3-11,18,20-22H,12-15H2,1-2H3/t18?,20-,21+,22+/m1/s1. The number of halogens is 1. The van der Waals surface area contributed by atoms with Crippen LogP contribution in [0, 0.1) is 5.92 Å². The number of ether oxygens (including phenoxy) is 2. The lowest BCUT2D eigenvalue weighted by Crippen LogP contribution is -2.46. The maximum atomic E-state index is 13.9. The Hall–Kier alpha value is -3.06. The van der Waals surface area contributed by atoms with Gasteiger partial charge in [-0.2, -0.15) is 0 Å². The van der Waals surface area contributed by atoms with Crippen molar-refractivity contribution < 1.29 is 19.1 Å². The van der Waals surface area contributed by atoms with Gasteiger partial charge < -0.3 is 9.47 Å². The van der Waals surface area contributed by atoms with Gasteiger partial charge in [-0.1, -0.05) is 59.2 Å². The number of benzene rings is 2. The van der Waals surface area contributed by atoms with Crippen LogP contribution in [0.25, 0.3) is 10.4 Å². The highest BCUT2D eigenvalue weighted by molar-refractivity contribution is 6.30. The van der Waals surface area contributed by atoms with E-state index in [0.29, 0.717) is 24.5 Å². The highest BCUT2D eigenvalue weighted by atomic mass is 35.5. The van der Waals surface area contributed by atoms with Crippen LogP contribution in [0.2, 0.25) is 5.02 Å². The number of carbonyl (C=O) groups is 2. The third-order valence-electron chi connectivity index (χ3n) is 6.56. The molecule has 0 aromatic heterocycles. The molecule has 0 spiro atoms. The van der Waals surface area contributed by atoms with Gasteiger partial charge in [-0.05, 0) is 61.4 Å². The highest BCUT2D eigenvalue weighted by Crippen LogP contribution is 2.43. The molecular weight excluding hydrogens is 456 g/mol. The van der Waals surface area contributed by atoms with Crippen molar-refractivity contribution in [1.82, 2.24) is 4.90 Å². The van der Waals surface area contributed by atoms with Crippen molar-refractivity contribution in [2.45, 2.75) is 50.3 Å². The van der Waals surface area contributed by atoms with E-state index in [-0.39, 0.29) is 12.5 Å². The van der Waals surface area contributed by atoms with Crippen LogP contribution in [-0.2, 0) is 14.3 Å². The summed E-state index contributed by atoms with van der Waals surface area (Å²) in [5, 5.41) is 4.52. The predicted octanol–water partition coefficient (Wildman–Crippen LogP) is 6.03. The van der Waals surface area contributed by atoms with Crippen LogP contribution >= 0.6 is 11.6 Å². The summed E-state index contributed by atoms with van der Waals surface area (Å²) in [4.78, 5) is 30.7. The second-order valence-electron chi connectivity index (χ2n) is 9.30. The molecule has 4 rings (SSSR count). The number of carbonyl (C=O) groups excluding carboxylic acids is 2. The summed E-state index contributed by atoms with van der Waals surface area (Å²) in [5.74, 6) is -1.05. The van der Waals surface area contributed by atoms with Gasteiger partial charge in [-0.25, -0.2) is 9.69 Å². The van der Waals surface area contributed by atoms with Crippen molar-refractivity contribution in [3.05, 3.63) is 81.2 Å². The summed E-state index contributed by atoms with van der Waals surface area (Å²) in [5.41, 5.74) is 10.6. The van der Waals surface area contributed by atoms with Crippen LogP contribution in [0.5, 0.6) is 0 Å². The molecule has 0 radical (unpaired) electrons. The number of cyclic esters (lactones) is 1. The lowest BCUT2D eigenvalue weighted by atomic mass is 9.73. The second-order valence-corrected chi connectivity index (χ2v) is 9.74. The summed E-state index contributed by atoms with van der Waals surface area (Å²) in [6.07, 6.45) is 0.616. The number of azide groups is 1. The summed E-state index contributed by atoms with van der Waals surface area (Å²) in [6.45, 7) is 4.59. The Balaban J connectivity index is 1.75. The lowest BCUT2D eigenvalue weighted by Gasteiger charge is -2.41. The number of rotatable bonds is 6. The summed E-state index contributed by atoms with van der Waals surface area (Å²) >= 11 is 6.12. The van der Waals surface area contributed by atoms with E-state index in [9.17, 15) is 15.1 Å². The first kappa shape index (κ1) is 24.1. The average molecular weight is 483 g/mol. The zero-order valence-electron chi connectivity index (χ0n) is 19.1. The van der Waals surface area contributed by atoms with Gasteiger partial charge in [0.05, 0.1) is 5.60 Å². The van der Waals surface area contributed by atoms with Gasteiger partial charge in [0.15, 0.2) is 0 Å². The van der Waals surface area contributed by atoms with Crippen molar-refractivity contribution in [2.24, 2.45) is 11.0 Å². The Morgan fingerprint density at radius 2 is 1.91 bits per heavy atom. The number of imide groups is 1. The average Bonchev–Trinajstić information content (AvgIpc) is 3.21. The fourth-order valence-corrected chi connectivity index (χ4v) is 5.17. The molecule has 2 amide bonds. The fraction of sp³-hybridized carbons (Fsp3) is 0.440. The molecule has 2 saturated heterocycles. The monoisotopic (exact) mass is 482 g/mol. The van der Waals surface area contributed by atoms with Crippen molar-refractivity contribution in [3.63, 3.8) is 0 Å². The highest BCUT2D eigenvalue weighted by Gasteiger charge is 2.46. The van der Waals surface area contributed by atoms with E-state index in [1.165, 1.54) is 0 Å². The van der Waals surface area contributed by atoms with Crippen LogP contribution in [0.15, 0.2) is 59.7 Å². The van der Waals surface area contributed by atoms with Crippen LogP contribution in [0.4, 0.5) is 4.79 Å². The molecule has 2 fully saturated rings. The minimum absolute atomic E-state index is 0.0156. The van der Waals surface area contributed by atoms with Crippen molar-refractivity contribution in [1.29, 1.82) is 0 Å². The Morgan fingerprint density at radius 3 is 2.56 bits per heavy atom. The second kappa shape index (κ2) is 10.1. The van der Waals surface area contributed by atoms with E-state index < -0.39 is 35.6 Å². The third kappa shape index (κ3) is 5.04. The molecule has 2 aliphatic heterocycles. The molecule has 0 bridgehead atoms. The van der Waals surface area contributed by atoms with Gasteiger partial charge in [0.25, 0.3) is 0 Å². The quantitative estimate of drug-likeness (QED) is 0.285. The SMILES string of the molecule is CC1(C)CC([C@H](c2ccc(Cl)cc2)[C@H](N=[N+]=[N-])C(=O)N2C(=O)OC[C@@H]2c2ccccc2)CCO1. The molecule has 178 valence electrons. The van der Waals surface area contributed by atoms with Gasteiger partial charge in [-0.15, -0.1) is 0 Å². The van der Waals surface area contributed by atoms with Gasteiger partial charge in [0.1, 0.15) is 18.7 Å². The summed E-state index contributed by atoms with van der Waals surface area (Å²) in [6, 6.07) is 14.7. The van der Waals surface area contributed by atoms with Gasteiger partial charge in [0.2, 0.25) is 5.91 Å². The molecule has 8 nitrogen and oxygen atoms in total. The molecule has 2 aliphatic rings. The molecule has 1 unspecified atom stereocenters. The molecule has 34 heavy (non-hydrogen) atoms. The molecule has 0 aliphatic carbocycles. The lowest BCUT2D eigenvalue weighted by molar-refractivity contribution is -0.132. The van der Waals surface area contributed by atoms with Crippen LogP contribution in [0.1, 0.15) is 49.8 Å². The number of amides is 2. The maximum Gasteiger partial charge on any atom is 0.417 e. The Kier molecular flexibility index (Phi) is 7.12. The smallest absolute Gasteiger partial charge is 0.417 e. The number of hydrogen-bond donors (Lipinski definition) is 0. The van der Waals surface area contributed by atoms with Gasteiger partial charge >= 0.3 is 6.09 Å². The molecule has 0 N–H and O–H groups in total.